The average Bonchev–Trinajstić information content (AvgIpc) is 2.57. The van der Waals surface area contributed by atoms with Gasteiger partial charge in [0.1, 0.15) is 0 Å². The van der Waals surface area contributed by atoms with E-state index in [0.717, 1.165) is 30.5 Å². The molecule has 120 valence electrons. The summed E-state index contributed by atoms with van der Waals surface area (Å²) in [6.07, 6.45) is 3.12. The van der Waals surface area contributed by atoms with Gasteiger partial charge in [-0.05, 0) is 43.0 Å². The van der Waals surface area contributed by atoms with Gasteiger partial charge in [0.2, 0.25) is 0 Å². The molecule has 0 fully saturated rings. The van der Waals surface area contributed by atoms with Crippen LogP contribution in [0.3, 0.4) is 0 Å². The van der Waals surface area contributed by atoms with Crippen molar-refractivity contribution in [2.24, 2.45) is 0 Å². The third-order valence-corrected chi connectivity index (χ3v) is 4.44. The third kappa shape index (κ3) is 3.17. The van der Waals surface area contributed by atoms with E-state index >= 15 is 0 Å². The van der Waals surface area contributed by atoms with Crippen molar-refractivity contribution < 1.29 is 9.53 Å². The van der Waals surface area contributed by atoms with Crippen molar-refractivity contribution in [1.29, 1.82) is 0 Å². The van der Waals surface area contributed by atoms with Crippen LogP contribution in [0.25, 0.3) is 0 Å². The van der Waals surface area contributed by atoms with Crippen LogP contribution in [0.5, 0.6) is 0 Å². The maximum Gasteiger partial charge on any atom is 0.339 e. The van der Waals surface area contributed by atoms with Gasteiger partial charge in [-0.1, -0.05) is 23.7 Å². The van der Waals surface area contributed by atoms with Gasteiger partial charge in [0.05, 0.1) is 12.7 Å². The number of aromatic nitrogens is 1. The monoisotopic (exact) mass is 331 g/mol. The highest BCUT2D eigenvalue weighted by Crippen LogP contribution is 2.20. The smallest absolute Gasteiger partial charge is 0.339 e. The first-order valence-corrected chi connectivity index (χ1v) is 8.06. The molecule has 0 bridgehead atoms. The molecule has 2 aromatic rings. The fraction of sp³-hybridized carbons (Fsp3) is 0.333. The van der Waals surface area contributed by atoms with Gasteiger partial charge in [0, 0.05) is 29.2 Å². The lowest BCUT2D eigenvalue weighted by Crippen LogP contribution is -2.32. The topological polar surface area (TPSA) is 48.3 Å². The molecule has 5 heteroatoms. The molecule has 4 nitrogen and oxygen atoms in total. The molecule has 0 saturated carbocycles. The molecule has 1 aromatic heterocycles. The summed E-state index contributed by atoms with van der Waals surface area (Å²) in [4.78, 5) is 24.8. The molecule has 0 N–H and O–H groups in total. The predicted molar refractivity (Wildman–Crippen MR) is 89.2 cm³/mol. The van der Waals surface area contributed by atoms with Crippen LogP contribution in [0, 0.1) is 0 Å². The molecule has 2 heterocycles. The van der Waals surface area contributed by atoms with Crippen molar-refractivity contribution in [3.63, 3.8) is 0 Å². The van der Waals surface area contributed by atoms with Crippen LogP contribution < -0.4 is 5.56 Å². The van der Waals surface area contributed by atoms with E-state index in [1.54, 1.807) is 16.7 Å². The van der Waals surface area contributed by atoms with Crippen LogP contribution in [-0.2, 0) is 24.1 Å². The van der Waals surface area contributed by atoms with Crippen LogP contribution in [0.1, 0.15) is 40.0 Å². The largest absolute Gasteiger partial charge is 0.465 e. The van der Waals surface area contributed by atoms with Gasteiger partial charge in [-0.15, -0.1) is 0 Å². The molecule has 3 rings (SSSR count). The lowest BCUT2D eigenvalue weighted by Gasteiger charge is -2.22. The van der Waals surface area contributed by atoms with Crippen LogP contribution in [0.2, 0.25) is 5.02 Å². The van der Waals surface area contributed by atoms with Gasteiger partial charge in [-0.2, -0.15) is 0 Å². The molecular weight excluding hydrogens is 314 g/mol. The lowest BCUT2D eigenvalue weighted by atomic mass is 9.98. The van der Waals surface area contributed by atoms with E-state index in [9.17, 15) is 9.59 Å². The van der Waals surface area contributed by atoms with E-state index in [1.165, 1.54) is 7.11 Å². The second kappa shape index (κ2) is 6.59. The summed E-state index contributed by atoms with van der Waals surface area (Å²) in [5.74, 6) is -0.386. The molecule has 0 atom stereocenters. The van der Waals surface area contributed by atoms with E-state index in [1.807, 2.05) is 18.2 Å². The highest BCUT2D eigenvalue weighted by atomic mass is 35.5. The Hall–Kier alpha value is -2.07. The lowest BCUT2D eigenvalue weighted by molar-refractivity contribution is 0.0597. The molecule has 1 aromatic carbocycles. The minimum atomic E-state index is -0.386. The number of halogens is 1. The normalized spacial score (nSPS) is 13.5. The zero-order valence-electron chi connectivity index (χ0n) is 13.0. The van der Waals surface area contributed by atoms with Crippen LogP contribution in [-0.4, -0.2) is 17.6 Å². The van der Waals surface area contributed by atoms with E-state index < -0.39 is 0 Å². The number of carbonyl (C=O) groups excluding carboxylic acids is 1. The Balaban J connectivity index is 2.10. The fourth-order valence-corrected chi connectivity index (χ4v) is 3.32. The summed E-state index contributed by atoms with van der Waals surface area (Å²) >= 11 is 6.01. The number of ether oxygens (including phenoxy) is 1. The molecule has 23 heavy (non-hydrogen) atoms. The minimum Gasteiger partial charge on any atom is -0.465 e. The molecule has 1 aliphatic heterocycles. The van der Waals surface area contributed by atoms with Crippen molar-refractivity contribution in [2.75, 3.05) is 7.11 Å². The summed E-state index contributed by atoms with van der Waals surface area (Å²) in [6, 6.07) is 9.10. The Labute approximate surface area is 139 Å². The number of carbonyl (C=O) groups is 1. The number of methoxy groups -OCH3 is 1. The van der Waals surface area contributed by atoms with Crippen molar-refractivity contribution in [1.82, 2.24) is 4.57 Å². The van der Waals surface area contributed by atoms with Gasteiger partial charge in [0.25, 0.3) is 5.56 Å². The van der Waals surface area contributed by atoms with Gasteiger partial charge >= 0.3 is 5.97 Å². The van der Waals surface area contributed by atoms with Gasteiger partial charge in [0.15, 0.2) is 0 Å². The van der Waals surface area contributed by atoms with E-state index in [4.69, 9.17) is 16.3 Å². The number of nitrogens with zero attached hydrogens (tertiary/aromatic N) is 1. The van der Waals surface area contributed by atoms with Gasteiger partial charge in [-0.3, -0.25) is 4.79 Å². The molecule has 0 unspecified atom stereocenters. The van der Waals surface area contributed by atoms with Crippen molar-refractivity contribution in [3.05, 3.63) is 68.1 Å². The maximum absolute atomic E-state index is 12.7. The van der Waals surface area contributed by atoms with Crippen molar-refractivity contribution in [2.45, 2.75) is 32.2 Å². The number of rotatable bonds is 3. The number of benzene rings is 1. The summed E-state index contributed by atoms with van der Waals surface area (Å²) in [5.41, 5.74) is 2.82. The summed E-state index contributed by atoms with van der Waals surface area (Å²) in [6.45, 7) is 0.654. The van der Waals surface area contributed by atoms with Crippen molar-refractivity contribution in [3.8, 4) is 0 Å². The number of hydrogen-bond donors (Lipinski definition) is 0. The maximum atomic E-state index is 12.7. The fourth-order valence-electron chi connectivity index (χ4n) is 3.11. The van der Waals surface area contributed by atoms with E-state index in [0.29, 0.717) is 29.1 Å². The molecule has 1 aliphatic rings. The summed E-state index contributed by atoms with van der Waals surface area (Å²) < 4.78 is 6.62. The zero-order valence-corrected chi connectivity index (χ0v) is 13.7. The highest BCUT2D eigenvalue weighted by Gasteiger charge is 2.22. The average molecular weight is 332 g/mol. The highest BCUT2D eigenvalue weighted by molar-refractivity contribution is 6.30. The molecule has 0 spiro atoms. The first kappa shape index (κ1) is 15.8. The first-order chi connectivity index (χ1) is 11.1. The molecule has 0 aliphatic carbocycles. The van der Waals surface area contributed by atoms with Crippen LogP contribution in [0.4, 0.5) is 0 Å². The Morgan fingerprint density at radius 2 is 2.13 bits per heavy atom. The number of esters is 1. The number of fused-ring (bicyclic) bond motifs is 1. The second-order valence-corrected chi connectivity index (χ2v) is 6.18. The number of hydrogen-bond acceptors (Lipinski definition) is 3. The summed E-state index contributed by atoms with van der Waals surface area (Å²) in [5, 5.41) is 0.633. The van der Waals surface area contributed by atoms with E-state index in [-0.39, 0.29) is 11.5 Å². The molecular formula is C18H18ClNO3. The van der Waals surface area contributed by atoms with E-state index in [2.05, 4.69) is 0 Å². The Kier molecular flexibility index (Phi) is 4.53. The van der Waals surface area contributed by atoms with Crippen molar-refractivity contribution >= 4 is 17.6 Å². The Bertz CT molecular complexity index is 810. The zero-order chi connectivity index (χ0) is 16.4. The SMILES string of the molecule is COC(=O)c1cc(Cc2cccc(Cl)c2)c(=O)n2c1CCCC2. The molecule has 0 saturated heterocycles. The third-order valence-electron chi connectivity index (χ3n) is 4.21. The predicted octanol–water partition coefficient (Wildman–Crippen LogP) is 3.22. The second-order valence-electron chi connectivity index (χ2n) is 5.74. The Morgan fingerprint density at radius 3 is 2.87 bits per heavy atom. The standard InChI is InChI=1S/C18H18ClNO3/c1-23-18(22)15-11-13(9-12-5-4-6-14(19)10-12)17(21)20-8-3-2-7-16(15)20/h4-6,10-11H,2-3,7-9H2,1H3. The van der Waals surface area contributed by atoms with Gasteiger partial charge in [-0.25, -0.2) is 4.79 Å². The number of pyridine rings is 1. The quantitative estimate of drug-likeness (QED) is 0.811. The van der Waals surface area contributed by atoms with Gasteiger partial charge < -0.3 is 9.30 Å². The first-order valence-electron chi connectivity index (χ1n) is 7.68. The Morgan fingerprint density at radius 1 is 1.30 bits per heavy atom. The molecule has 0 radical (unpaired) electrons. The van der Waals surface area contributed by atoms with Crippen LogP contribution >= 0.6 is 11.6 Å². The molecule has 0 amide bonds. The summed E-state index contributed by atoms with van der Waals surface area (Å²) in [7, 11) is 1.37. The van der Waals surface area contributed by atoms with Crippen LogP contribution in [0.15, 0.2) is 35.1 Å². The minimum absolute atomic E-state index is 0.0210.